The molecule has 0 bridgehead atoms. The number of benzene rings is 1. The van der Waals surface area contributed by atoms with E-state index in [1.54, 1.807) is 0 Å². The van der Waals surface area contributed by atoms with Crippen molar-refractivity contribution in [3.63, 3.8) is 0 Å². The number of Topliss-reactive ketones (excluding diaryl/α,β-unsaturated/α-hetero) is 2. The third-order valence-electron chi connectivity index (χ3n) is 5.21. The predicted octanol–water partition coefficient (Wildman–Crippen LogP) is 4.81. The van der Waals surface area contributed by atoms with E-state index in [-0.39, 0.29) is 22.9 Å². The van der Waals surface area contributed by atoms with Crippen molar-refractivity contribution in [2.75, 3.05) is 13.2 Å². The summed E-state index contributed by atoms with van der Waals surface area (Å²) in [4.78, 5) is 25.4. The van der Waals surface area contributed by atoms with E-state index in [1.807, 2.05) is 58.0 Å². The third-order valence-corrected chi connectivity index (χ3v) is 5.21. The molecule has 0 N–H and O–H groups in total. The molecule has 0 aromatic heterocycles. The maximum atomic E-state index is 13.0. The van der Waals surface area contributed by atoms with Crippen molar-refractivity contribution in [2.45, 2.75) is 65.6 Å². The molecule has 1 aromatic carbocycles. The lowest BCUT2D eigenvalue weighted by molar-refractivity contribution is -0.165. The van der Waals surface area contributed by atoms with Gasteiger partial charge in [0.15, 0.2) is 11.6 Å². The van der Waals surface area contributed by atoms with Gasteiger partial charge >= 0.3 is 0 Å². The second-order valence-electron chi connectivity index (χ2n) is 8.14. The Morgan fingerprint density at radius 1 is 1.08 bits per heavy atom. The number of carbonyl (C=O) groups is 2. The van der Waals surface area contributed by atoms with Crippen LogP contribution in [0.25, 0.3) is 0 Å². The van der Waals surface area contributed by atoms with Crippen LogP contribution in [0, 0.1) is 11.3 Å². The smallest absolute Gasteiger partial charge is 0.168 e. The molecule has 0 spiro atoms. The van der Waals surface area contributed by atoms with Gasteiger partial charge in [-0.3, -0.25) is 9.59 Å². The predicted molar refractivity (Wildman–Crippen MR) is 102 cm³/mol. The fourth-order valence-electron chi connectivity index (χ4n) is 3.34. The van der Waals surface area contributed by atoms with Crippen molar-refractivity contribution in [1.29, 1.82) is 0 Å². The van der Waals surface area contributed by atoms with Gasteiger partial charge in [-0.1, -0.05) is 58.0 Å². The third kappa shape index (κ3) is 5.49. The minimum Gasteiger partial charge on any atom is -0.348 e. The second kappa shape index (κ2) is 8.92. The van der Waals surface area contributed by atoms with Crippen molar-refractivity contribution >= 4 is 11.6 Å². The molecule has 4 heteroatoms. The van der Waals surface area contributed by atoms with Gasteiger partial charge in [0.05, 0.1) is 13.2 Å². The van der Waals surface area contributed by atoms with Gasteiger partial charge in [-0.05, 0) is 19.3 Å². The van der Waals surface area contributed by atoms with Crippen LogP contribution in [0.5, 0.6) is 0 Å². The molecule has 0 saturated carbocycles. The molecule has 0 amide bonds. The van der Waals surface area contributed by atoms with E-state index in [0.717, 1.165) is 6.42 Å². The SMILES string of the molecule is CCC1(CCC(CCC(=O)C(C)(C)C)C(=O)c2ccccc2)OCCO1. The molecule has 1 heterocycles. The molecule has 1 unspecified atom stereocenters. The van der Waals surface area contributed by atoms with Crippen molar-refractivity contribution < 1.29 is 19.1 Å². The minimum atomic E-state index is -0.566. The van der Waals surface area contributed by atoms with E-state index < -0.39 is 5.79 Å². The summed E-state index contributed by atoms with van der Waals surface area (Å²) in [5.41, 5.74) is 0.336. The van der Waals surface area contributed by atoms with Gasteiger partial charge in [-0.15, -0.1) is 0 Å². The molecular weight excluding hydrogens is 328 g/mol. The maximum Gasteiger partial charge on any atom is 0.168 e. The van der Waals surface area contributed by atoms with Crippen LogP contribution in [0.15, 0.2) is 30.3 Å². The zero-order valence-corrected chi connectivity index (χ0v) is 16.5. The number of hydrogen-bond donors (Lipinski definition) is 0. The Labute approximate surface area is 157 Å². The fraction of sp³-hybridized carbons (Fsp3) is 0.636. The standard InChI is InChI=1S/C22H32O4/c1-5-22(25-15-16-26-22)14-13-18(11-12-19(23)21(2,3)4)20(24)17-9-7-6-8-10-17/h6-10,18H,5,11-16H2,1-4H3. The van der Waals surface area contributed by atoms with Crippen LogP contribution in [-0.2, 0) is 14.3 Å². The Bertz CT molecular complexity index is 594. The number of ketones is 2. The van der Waals surface area contributed by atoms with Crippen molar-refractivity contribution in [3.8, 4) is 0 Å². The molecule has 1 aromatic rings. The summed E-state index contributed by atoms with van der Waals surface area (Å²) in [6.07, 6.45) is 3.10. The van der Waals surface area contributed by atoms with Gasteiger partial charge < -0.3 is 9.47 Å². The largest absolute Gasteiger partial charge is 0.348 e. The molecule has 1 atom stereocenters. The molecule has 1 aliphatic heterocycles. The summed E-state index contributed by atoms with van der Waals surface area (Å²) in [6, 6.07) is 9.35. The van der Waals surface area contributed by atoms with Crippen LogP contribution in [0.1, 0.15) is 70.2 Å². The zero-order chi connectivity index (χ0) is 19.2. The molecule has 0 radical (unpaired) electrons. The second-order valence-corrected chi connectivity index (χ2v) is 8.14. The summed E-state index contributed by atoms with van der Waals surface area (Å²) < 4.78 is 11.6. The number of hydrogen-bond acceptors (Lipinski definition) is 4. The Hall–Kier alpha value is -1.52. The Morgan fingerprint density at radius 3 is 2.23 bits per heavy atom. The average Bonchev–Trinajstić information content (AvgIpc) is 3.10. The molecule has 2 rings (SSSR count). The first-order chi connectivity index (χ1) is 12.3. The number of ether oxygens (including phenoxy) is 2. The van der Waals surface area contributed by atoms with E-state index in [4.69, 9.17) is 9.47 Å². The molecule has 144 valence electrons. The van der Waals surface area contributed by atoms with Gasteiger partial charge in [0.25, 0.3) is 0 Å². The molecule has 0 aliphatic carbocycles. The number of rotatable bonds is 9. The van der Waals surface area contributed by atoms with Gasteiger partial charge in [0.1, 0.15) is 5.78 Å². The van der Waals surface area contributed by atoms with Crippen LogP contribution in [0.3, 0.4) is 0 Å². The summed E-state index contributed by atoms with van der Waals surface area (Å²) in [5, 5.41) is 0. The first kappa shape index (κ1) is 20.8. The highest BCUT2D eigenvalue weighted by molar-refractivity contribution is 5.98. The highest BCUT2D eigenvalue weighted by Crippen LogP contribution is 2.32. The maximum absolute atomic E-state index is 13.0. The fourth-order valence-corrected chi connectivity index (χ4v) is 3.34. The van der Waals surface area contributed by atoms with E-state index in [0.29, 0.717) is 44.5 Å². The van der Waals surface area contributed by atoms with Gasteiger partial charge in [-0.25, -0.2) is 0 Å². The number of carbonyl (C=O) groups excluding carboxylic acids is 2. The quantitative estimate of drug-likeness (QED) is 0.593. The van der Waals surface area contributed by atoms with Gasteiger partial charge in [-0.2, -0.15) is 0 Å². The molecule has 1 fully saturated rings. The Kier molecular flexibility index (Phi) is 7.13. The van der Waals surface area contributed by atoms with E-state index in [2.05, 4.69) is 0 Å². The Balaban J connectivity index is 2.07. The summed E-state index contributed by atoms with van der Waals surface area (Å²) in [5.74, 6) is -0.457. The Morgan fingerprint density at radius 2 is 1.69 bits per heavy atom. The van der Waals surface area contributed by atoms with E-state index in [9.17, 15) is 9.59 Å². The average molecular weight is 360 g/mol. The summed E-state index contributed by atoms with van der Waals surface area (Å²) in [7, 11) is 0. The normalized spacial score (nSPS) is 17.8. The van der Waals surface area contributed by atoms with Crippen LogP contribution in [0.4, 0.5) is 0 Å². The minimum absolute atomic E-state index is 0.108. The first-order valence-electron chi connectivity index (χ1n) is 9.68. The molecule has 1 aliphatic rings. The first-order valence-corrected chi connectivity index (χ1v) is 9.68. The van der Waals surface area contributed by atoms with Crippen LogP contribution < -0.4 is 0 Å². The van der Waals surface area contributed by atoms with Crippen LogP contribution in [-0.4, -0.2) is 30.6 Å². The molecule has 4 nitrogen and oxygen atoms in total. The van der Waals surface area contributed by atoms with E-state index >= 15 is 0 Å². The van der Waals surface area contributed by atoms with Crippen molar-refractivity contribution in [2.24, 2.45) is 11.3 Å². The monoisotopic (exact) mass is 360 g/mol. The van der Waals surface area contributed by atoms with Crippen molar-refractivity contribution in [3.05, 3.63) is 35.9 Å². The molecule has 26 heavy (non-hydrogen) atoms. The lowest BCUT2D eigenvalue weighted by atomic mass is 9.82. The van der Waals surface area contributed by atoms with E-state index in [1.165, 1.54) is 0 Å². The zero-order valence-electron chi connectivity index (χ0n) is 16.5. The van der Waals surface area contributed by atoms with Crippen LogP contribution in [0.2, 0.25) is 0 Å². The van der Waals surface area contributed by atoms with Crippen molar-refractivity contribution in [1.82, 2.24) is 0 Å². The van der Waals surface area contributed by atoms with Gasteiger partial charge in [0.2, 0.25) is 0 Å². The lowest BCUT2D eigenvalue weighted by Gasteiger charge is -2.28. The highest BCUT2D eigenvalue weighted by atomic mass is 16.7. The molecule has 1 saturated heterocycles. The topological polar surface area (TPSA) is 52.6 Å². The lowest BCUT2D eigenvalue weighted by Crippen LogP contribution is -2.31. The molecular formula is C22H32O4. The summed E-state index contributed by atoms with van der Waals surface area (Å²) in [6.45, 7) is 9.03. The highest BCUT2D eigenvalue weighted by Gasteiger charge is 2.36. The van der Waals surface area contributed by atoms with Crippen LogP contribution >= 0.6 is 0 Å². The van der Waals surface area contributed by atoms with Gasteiger partial charge in [0, 0.05) is 29.7 Å². The summed E-state index contributed by atoms with van der Waals surface area (Å²) >= 11 is 0.